The van der Waals surface area contributed by atoms with Crippen LogP contribution in [0.2, 0.25) is 0 Å². The predicted octanol–water partition coefficient (Wildman–Crippen LogP) is 0.932. The third kappa shape index (κ3) is 7.68. The summed E-state index contributed by atoms with van der Waals surface area (Å²) >= 11 is 1.67. The fraction of sp³-hybridized carbons (Fsp3) is 0.857. The van der Waals surface area contributed by atoms with Crippen molar-refractivity contribution in [3.8, 4) is 0 Å². The zero-order valence-corrected chi connectivity index (χ0v) is 7.56. The molecule has 0 radical (unpaired) electrons. The largest absolute Gasteiger partial charge is 0.481 e. The van der Waals surface area contributed by atoms with E-state index in [9.17, 15) is 4.79 Å². The fourth-order valence-electron chi connectivity index (χ4n) is 0.673. The van der Waals surface area contributed by atoms with Crippen molar-refractivity contribution in [2.45, 2.75) is 25.0 Å². The second-order valence-corrected chi connectivity index (χ2v) is 3.97. The second kappa shape index (κ2) is 6.49. The summed E-state index contributed by atoms with van der Waals surface area (Å²) in [5, 5.41) is 8.61. The highest BCUT2D eigenvalue weighted by Crippen LogP contribution is 2.14. The average molecular weight is 177 g/mol. The van der Waals surface area contributed by atoms with Crippen LogP contribution in [0.4, 0.5) is 0 Å². The Labute approximate surface area is 71.3 Å². The maximum Gasteiger partial charge on any atom is 0.304 e. The Morgan fingerprint density at radius 1 is 1.73 bits per heavy atom. The van der Waals surface area contributed by atoms with E-state index in [-0.39, 0.29) is 11.7 Å². The molecule has 3 nitrogen and oxygen atoms in total. The molecule has 0 rings (SSSR count). The van der Waals surface area contributed by atoms with Gasteiger partial charge in [-0.3, -0.25) is 4.79 Å². The molecule has 0 aromatic carbocycles. The number of hydrogen-bond acceptors (Lipinski definition) is 3. The van der Waals surface area contributed by atoms with Crippen LogP contribution in [-0.4, -0.2) is 28.6 Å². The molecule has 1 atom stereocenters. The van der Waals surface area contributed by atoms with Gasteiger partial charge in [0.25, 0.3) is 0 Å². The molecule has 1 unspecified atom stereocenters. The molecule has 0 aromatic heterocycles. The number of carbonyl (C=O) groups is 1. The van der Waals surface area contributed by atoms with Crippen molar-refractivity contribution in [2.24, 2.45) is 5.73 Å². The molecule has 0 spiro atoms. The van der Waals surface area contributed by atoms with Crippen LogP contribution in [0.1, 0.15) is 19.8 Å². The molecule has 4 heteroatoms. The smallest absolute Gasteiger partial charge is 0.304 e. The van der Waals surface area contributed by atoms with Crippen molar-refractivity contribution < 1.29 is 9.90 Å². The monoisotopic (exact) mass is 177 g/mol. The minimum absolute atomic E-state index is 0.207. The maximum atomic E-state index is 10.2. The van der Waals surface area contributed by atoms with Crippen LogP contribution in [0.25, 0.3) is 0 Å². The van der Waals surface area contributed by atoms with E-state index in [0.29, 0.717) is 6.54 Å². The van der Waals surface area contributed by atoms with Gasteiger partial charge >= 0.3 is 5.97 Å². The molecule has 0 aliphatic heterocycles. The molecule has 0 saturated carbocycles. The van der Waals surface area contributed by atoms with E-state index in [1.54, 1.807) is 11.8 Å². The first-order valence-electron chi connectivity index (χ1n) is 3.70. The fourth-order valence-corrected chi connectivity index (χ4v) is 1.67. The highest BCUT2D eigenvalue weighted by Gasteiger charge is 2.06. The summed E-state index contributed by atoms with van der Waals surface area (Å²) in [6.07, 6.45) is 1.21. The maximum absolute atomic E-state index is 10.2. The molecule has 0 amide bonds. The van der Waals surface area contributed by atoms with Crippen LogP contribution >= 0.6 is 11.8 Å². The molecule has 0 aliphatic carbocycles. The number of thioether (sulfide) groups is 1. The minimum atomic E-state index is -0.724. The summed E-state index contributed by atoms with van der Waals surface area (Å²) in [7, 11) is 0. The molecule has 3 N–H and O–H groups in total. The quantitative estimate of drug-likeness (QED) is 0.592. The molecule has 66 valence electrons. The summed E-state index contributed by atoms with van der Waals surface area (Å²) < 4.78 is 0. The van der Waals surface area contributed by atoms with Crippen LogP contribution in [0.5, 0.6) is 0 Å². The molecule has 0 aliphatic rings. The topological polar surface area (TPSA) is 63.3 Å². The van der Waals surface area contributed by atoms with Gasteiger partial charge in [0.1, 0.15) is 0 Å². The van der Waals surface area contributed by atoms with Crippen molar-refractivity contribution in [3.63, 3.8) is 0 Å². The first-order chi connectivity index (χ1) is 5.16. The van der Waals surface area contributed by atoms with Crippen LogP contribution in [0.15, 0.2) is 0 Å². The van der Waals surface area contributed by atoms with Crippen LogP contribution in [-0.2, 0) is 4.79 Å². The number of carboxylic acids is 1. The first kappa shape index (κ1) is 10.8. The van der Waals surface area contributed by atoms with Gasteiger partial charge in [0.2, 0.25) is 0 Å². The lowest BCUT2D eigenvalue weighted by molar-refractivity contribution is -0.136. The number of aliphatic carboxylic acids is 1. The number of nitrogens with two attached hydrogens (primary N) is 1. The number of carboxylic acid groups (broad SMARTS) is 1. The van der Waals surface area contributed by atoms with E-state index < -0.39 is 5.97 Å². The second-order valence-electron chi connectivity index (χ2n) is 2.42. The molecule has 0 fully saturated rings. The zero-order chi connectivity index (χ0) is 8.69. The SMILES string of the molecule is CC(CC(=O)O)SCCCN. The van der Waals surface area contributed by atoms with Crippen molar-refractivity contribution in [3.05, 3.63) is 0 Å². The van der Waals surface area contributed by atoms with Gasteiger partial charge in [-0.05, 0) is 18.7 Å². The van der Waals surface area contributed by atoms with E-state index in [1.165, 1.54) is 0 Å². The molecular formula is C7H15NO2S. The van der Waals surface area contributed by atoms with E-state index in [1.807, 2.05) is 6.92 Å². The Morgan fingerprint density at radius 3 is 2.82 bits per heavy atom. The predicted molar refractivity (Wildman–Crippen MR) is 47.8 cm³/mol. The van der Waals surface area contributed by atoms with E-state index in [4.69, 9.17) is 10.8 Å². The normalized spacial score (nSPS) is 12.9. The number of rotatable bonds is 6. The highest BCUT2D eigenvalue weighted by molar-refractivity contribution is 7.99. The molecule has 0 bridgehead atoms. The van der Waals surface area contributed by atoms with E-state index in [0.717, 1.165) is 12.2 Å². The van der Waals surface area contributed by atoms with Crippen molar-refractivity contribution in [2.75, 3.05) is 12.3 Å². The molecule has 0 heterocycles. The van der Waals surface area contributed by atoms with Gasteiger partial charge in [-0.25, -0.2) is 0 Å². The lowest BCUT2D eigenvalue weighted by Crippen LogP contribution is -2.07. The Balaban J connectivity index is 3.22. The van der Waals surface area contributed by atoms with Crippen molar-refractivity contribution in [1.29, 1.82) is 0 Å². The Kier molecular flexibility index (Phi) is 6.36. The van der Waals surface area contributed by atoms with Gasteiger partial charge in [-0.15, -0.1) is 0 Å². The van der Waals surface area contributed by atoms with E-state index in [2.05, 4.69) is 0 Å². The van der Waals surface area contributed by atoms with Crippen LogP contribution < -0.4 is 5.73 Å². The van der Waals surface area contributed by atoms with Crippen molar-refractivity contribution >= 4 is 17.7 Å². The molecule has 0 aromatic rings. The van der Waals surface area contributed by atoms with Gasteiger partial charge in [-0.1, -0.05) is 6.92 Å². The Morgan fingerprint density at radius 2 is 2.36 bits per heavy atom. The lowest BCUT2D eigenvalue weighted by Gasteiger charge is -2.06. The number of hydrogen-bond donors (Lipinski definition) is 2. The van der Waals surface area contributed by atoms with Crippen molar-refractivity contribution in [1.82, 2.24) is 0 Å². The van der Waals surface area contributed by atoms with Crippen LogP contribution in [0, 0.1) is 0 Å². The van der Waals surface area contributed by atoms with Gasteiger partial charge in [0.05, 0.1) is 6.42 Å². The summed E-state index contributed by atoms with van der Waals surface area (Å²) in [4.78, 5) is 10.2. The van der Waals surface area contributed by atoms with Gasteiger partial charge < -0.3 is 10.8 Å². The van der Waals surface area contributed by atoms with Crippen LogP contribution in [0.3, 0.4) is 0 Å². The van der Waals surface area contributed by atoms with E-state index >= 15 is 0 Å². The third-order valence-corrected chi connectivity index (χ3v) is 2.47. The molecule has 11 heavy (non-hydrogen) atoms. The minimum Gasteiger partial charge on any atom is -0.481 e. The standard InChI is InChI=1S/C7H15NO2S/c1-6(5-7(9)10)11-4-2-3-8/h6H,2-5,8H2,1H3,(H,9,10). The summed E-state index contributed by atoms with van der Waals surface area (Å²) in [6.45, 7) is 2.61. The van der Waals surface area contributed by atoms with Gasteiger partial charge in [0, 0.05) is 5.25 Å². The Bertz CT molecular complexity index is 119. The highest BCUT2D eigenvalue weighted by atomic mass is 32.2. The zero-order valence-electron chi connectivity index (χ0n) is 6.75. The molecule has 0 saturated heterocycles. The Hall–Kier alpha value is -0.220. The third-order valence-electron chi connectivity index (χ3n) is 1.21. The molecular weight excluding hydrogens is 162 g/mol. The summed E-state index contributed by atoms with van der Waals surface area (Å²) in [5.41, 5.74) is 5.29. The summed E-state index contributed by atoms with van der Waals surface area (Å²) in [6, 6.07) is 0. The first-order valence-corrected chi connectivity index (χ1v) is 4.75. The van der Waals surface area contributed by atoms with Gasteiger partial charge in [0.15, 0.2) is 0 Å². The lowest BCUT2D eigenvalue weighted by atomic mass is 10.3. The summed E-state index contributed by atoms with van der Waals surface area (Å²) in [5.74, 6) is 0.239. The average Bonchev–Trinajstić information content (AvgIpc) is 1.86. The van der Waals surface area contributed by atoms with Gasteiger partial charge in [-0.2, -0.15) is 11.8 Å².